The van der Waals surface area contributed by atoms with Crippen molar-refractivity contribution in [3.63, 3.8) is 0 Å². The molecule has 2 rings (SSSR count). The molecule has 21 heavy (non-hydrogen) atoms. The van der Waals surface area contributed by atoms with Crippen LogP contribution in [0.2, 0.25) is 0 Å². The maximum absolute atomic E-state index is 12.8. The Hall–Kier alpha value is -0.520. The highest BCUT2D eigenvalue weighted by Gasteiger charge is 2.35. The molecule has 0 aliphatic carbocycles. The van der Waals surface area contributed by atoms with Crippen LogP contribution in [0.1, 0.15) is 0 Å². The number of hydrogen-bond donors (Lipinski definition) is 2. The van der Waals surface area contributed by atoms with Gasteiger partial charge >= 0.3 is 13.6 Å². The minimum absolute atomic E-state index is 0.609. The van der Waals surface area contributed by atoms with Gasteiger partial charge in [0.1, 0.15) is 0 Å². The lowest BCUT2D eigenvalue weighted by Crippen LogP contribution is -1.83. The van der Waals surface area contributed by atoms with Gasteiger partial charge in [-0.15, -0.1) is 0 Å². The van der Waals surface area contributed by atoms with E-state index in [2.05, 4.69) is 4.31 Å². The number of hydrogen-bond acceptors (Lipinski definition) is 5. The van der Waals surface area contributed by atoms with Gasteiger partial charge in [-0.25, -0.2) is 8.88 Å². The van der Waals surface area contributed by atoms with Gasteiger partial charge in [-0.3, -0.25) is 4.57 Å². The molecule has 0 spiro atoms. The molecule has 2 aromatic carbocycles. The van der Waals surface area contributed by atoms with Crippen molar-refractivity contribution >= 4 is 36.4 Å². The van der Waals surface area contributed by atoms with E-state index in [1.165, 1.54) is 0 Å². The van der Waals surface area contributed by atoms with Gasteiger partial charge in [-0.2, -0.15) is 0 Å². The van der Waals surface area contributed by atoms with Gasteiger partial charge in [-0.1, -0.05) is 36.4 Å². The van der Waals surface area contributed by atoms with Crippen LogP contribution in [0, 0.1) is 0 Å². The first-order valence-corrected chi connectivity index (χ1v) is 11.7. The first-order valence-electron chi connectivity index (χ1n) is 5.73. The molecular formula is C12H12O5P2S2. The molecule has 5 nitrogen and oxygen atoms in total. The van der Waals surface area contributed by atoms with E-state index in [-0.39, 0.29) is 0 Å². The van der Waals surface area contributed by atoms with E-state index in [4.69, 9.17) is 9.79 Å². The number of phosphoric acid groups is 1. The van der Waals surface area contributed by atoms with Gasteiger partial charge in [0.15, 0.2) is 0 Å². The van der Waals surface area contributed by atoms with Crippen molar-refractivity contribution < 1.29 is 23.2 Å². The maximum Gasteiger partial charge on any atom is 0.476 e. The monoisotopic (exact) mass is 362 g/mol. The third-order valence-electron chi connectivity index (χ3n) is 2.13. The summed E-state index contributed by atoms with van der Waals surface area (Å²) in [5, 5.41) is 0. The maximum atomic E-state index is 12.8. The topological polar surface area (TPSA) is 83.8 Å². The van der Waals surface area contributed by atoms with Crippen molar-refractivity contribution in [2.75, 3.05) is 0 Å². The average molecular weight is 362 g/mol. The smallest absolute Gasteiger partial charge is 0.302 e. The van der Waals surface area contributed by atoms with E-state index in [0.717, 1.165) is 22.8 Å². The fourth-order valence-corrected chi connectivity index (χ4v) is 10.3. The van der Waals surface area contributed by atoms with Gasteiger partial charge < -0.3 is 9.79 Å². The Morgan fingerprint density at radius 3 is 1.48 bits per heavy atom. The van der Waals surface area contributed by atoms with Crippen LogP contribution in [0.25, 0.3) is 0 Å². The van der Waals surface area contributed by atoms with Gasteiger partial charge in [0.2, 0.25) is 0 Å². The Bertz CT molecular complexity index is 629. The van der Waals surface area contributed by atoms with Crippen molar-refractivity contribution in [2.24, 2.45) is 0 Å². The first kappa shape index (κ1) is 16.8. The fraction of sp³-hybridized carbons (Fsp3) is 0. The zero-order valence-corrected chi connectivity index (χ0v) is 14.0. The molecule has 0 heterocycles. The zero-order valence-electron chi connectivity index (χ0n) is 10.6. The lowest BCUT2D eigenvalue weighted by Gasteiger charge is -2.17. The number of rotatable bonds is 6. The molecular weight excluding hydrogens is 350 g/mol. The minimum Gasteiger partial charge on any atom is -0.302 e. The van der Waals surface area contributed by atoms with E-state index in [1.54, 1.807) is 60.7 Å². The summed E-state index contributed by atoms with van der Waals surface area (Å²) in [4.78, 5) is 19.2. The molecule has 0 saturated heterocycles. The highest BCUT2D eigenvalue weighted by Crippen LogP contribution is 2.78. The van der Waals surface area contributed by atoms with Crippen molar-refractivity contribution in [3.05, 3.63) is 60.7 Å². The van der Waals surface area contributed by atoms with E-state index in [0.29, 0.717) is 9.79 Å². The molecule has 0 aromatic heterocycles. The summed E-state index contributed by atoms with van der Waals surface area (Å²) < 4.78 is 28.5. The Labute approximate surface area is 130 Å². The largest absolute Gasteiger partial charge is 0.476 e. The van der Waals surface area contributed by atoms with Gasteiger partial charge in [0, 0.05) is 9.79 Å². The average Bonchev–Trinajstić information content (AvgIpc) is 2.38. The van der Waals surface area contributed by atoms with Crippen molar-refractivity contribution in [3.8, 4) is 0 Å². The highest BCUT2D eigenvalue weighted by molar-refractivity contribution is 8.89. The van der Waals surface area contributed by atoms with Crippen molar-refractivity contribution in [1.29, 1.82) is 0 Å². The molecule has 0 fully saturated rings. The summed E-state index contributed by atoms with van der Waals surface area (Å²) in [6.45, 7) is 0. The molecule has 2 aromatic rings. The predicted octanol–water partition coefficient (Wildman–Crippen LogP) is 4.79. The molecule has 0 bridgehead atoms. The van der Waals surface area contributed by atoms with Crippen molar-refractivity contribution in [2.45, 2.75) is 9.79 Å². The lowest BCUT2D eigenvalue weighted by molar-refractivity contribution is 0.290. The molecule has 0 saturated carbocycles. The second kappa shape index (κ2) is 7.16. The SMILES string of the molecule is O=P(O)(O)OP(=O)(Sc1ccccc1)Sc1ccccc1. The van der Waals surface area contributed by atoms with E-state index in [9.17, 15) is 9.13 Å². The van der Waals surface area contributed by atoms with Crippen molar-refractivity contribution in [1.82, 2.24) is 0 Å². The summed E-state index contributed by atoms with van der Waals surface area (Å²) >= 11 is 1.63. The van der Waals surface area contributed by atoms with Crippen LogP contribution in [0.3, 0.4) is 0 Å². The third-order valence-corrected chi connectivity index (χ3v) is 10.3. The lowest BCUT2D eigenvalue weighted by atomic mass is 10.4. The standard InChI is InChI=1S/C12H12O5P2S2/c13-18(14,15)17-19(16,20-11-7-3-1-4-8-11)21-12-9-5-2-6-10-12/h1-10H,(H2,13,14,15). The molecule has 0 unspecified atom stereocenters. The minimum atomic E-state index is -4.87. The van der Waals surface area contributed by atoms with E-state index in [1.807, 2.05) is 0 Å². The molecule has 9 heteroatoms. The van der Waals surface area contributed by atoms with Crippen LogP contribution in [0.15, 0.2) is 70.5 Å². The summed E-state index contributed by atoms with van der Waals surface area (Å²) in [7, 11) is -4.87. The quantitative estimate of drug-likeness (QED) is 0.715. The molecule has 0 aliphatic rings. The number of benzene rings is 2. The molecule has 0 atom stereocenters. The molecule has 0 amide bonds. The molecule has 0 aliphatic heterocycles. The predicted molar refractivity (Wildman–Crippen MR) is 85.3 cm³/mol. The highest BCUT2D eigenvalue weighted by atomic mass is 33.1. The Morgan fingerprint density at radius 2 is 1.14 bits per heavy atom. The Kier molecular flexibility index (Phi) is 5.74. The van der Waals surface area contributed by atoms with E-state index >= 15 is 0 Å². The fourth-order valence-electron chi connectivity index (χ4n) is 1.40. The summed E-state index contributed by atoms with van der Waals surface area (Å²) in [5.41, 5.74) is 0. The second-order valence-corrected chi connectivity index (χ2v) is 12.3. The van der Waals surface area contributed by atoms with E-state index < -0.39 is 13.6 Å². The van der Waals surface area contributed by atoms with Crippen LogP contribution in [0.5, 0.6) is 0 Å². The van der Waals surface area contributed by atoms with Gasteiger partial charge in [0.05, 0.1) is 0 Å². The Morgan fingerprint density at radius 1 is 0.762 bits per heavy atom. The van der Waals surface area contributed by atoms with Crippen LogP contribution in [-0.2, 0) is 13.4 Å². The summed E-state index contributed by atoms with van der Waals surface area (Å²) in [6, 6.07) is 17.4. The summed E-state index contributed by atoms with van der Waals surface area (Å²) in [6.07, 6.45) is 0. The second-order valence-electron chi connectivity index (χ2n) is 3.83. The molecule has 0 radical (unpaired) electrons. The molecule has 112 valence electrons. The summed E-state index contributed by atoms with van der Waals surface area (Å²) in [5.74, 6) is -3.71. The Balaban J connectivity index is 2.26. The van der Waals surface area contributed by atoms with Crippen LogP contribution >= 0.6 is 36.4 Å². The molecule has 2 N–H and O–H groups in total. The van der Waals surface area contributed by atoms with Gasteiger partial charge in [0.25, 0.3) is 0 Å². The van der Waals surface area contributed by atoms with Gasteiger partial charge in [-0.05, 0) is 47.0 Å². The zero-order chi connectivity index (χ0) is 15.3. The van der Waals surface area contributed by atoms with Crippen LogP contribution in [-0.4, -0.2) is 9.79 Å². The van der Waals surface area contributed by atoms with Crippen LogP contribution < -0.4 is 0 Å². The normalized spacial score (nSPS) is 12.3. The third kappa shape index (κ3) is 6.01. The van der Waals surface area contributed by atoms with Crippen LogP contribution in [0.4, 0.5) is 0 Å². The first-order chi connectivity index (χ1) is 9.86.